The standard InChI is InChI=1S/C16H18FNO2/c1-18-10-12-6-7-15(16(9-12)19-2)20-11-13-4-3-5-14(17)8-13/h3-9,18H,10-11H2,1-2H3. The lowest BCUT2D eigenvalue weighted by atomic mass is 10.2. The van der Waals surface area contributed by atoms with Gasteiger partial charge in [0.15, 0.2) is 11.5 Å². The molecule has 0 unspecified atom stereocenters. The van der Waals surface area contributed by atoms with Gasteiger partial charge >= 0.3 is 0 Å². The first-order valence-electron chi connectivity index (χ1n) is 6.41. The Morgan fingerprint density at radius 3 is 2.60 bits per heavy atom. The molecule has 0 bridgehead atoms. The number of nitrogens with one attached hydrogen (secondary N) is 1. The van der Waals surface area contributed by atoms with E-state index in [9.17, 15) is 4.39 Å². The van der Waals surface area contributed by atoms with Gasteiger partial charge in [0.2, 0.25) is 0 Å². The molecule has 0 spiro atoms. The Balaban J connectivity index is 2.09. The summed E-state index contributed by atoms with van der Waals surface area (Å²) in [5.74, 6) is 1.06. The first-order valence-corrected chi connectivity index (χ1v) is 6.41. The molecule has 1 N–H and O–H groups in total. The minimum atomic E-state index is -0.262. The number of halogens is 1. The van der Waals surface area contributed by atoms with Crippen molar-refractivity contribution in [3.63, 3.8) is 0 Å². The molecule has 0 saturated carbocycles. The van der Waals surface area contributed by atoms with Crippen LogP contribution in [0.1, 0.15) is 11.1 Å². The predicted octanol–water partition coefficient (Wildman–Crippen LogP) is 3.13. The number of hydrogen-bond donors (Lipinski definition) is 1. The highest BCUT2D eigenvalue weighted by Gasteiger charge is 2.06. The van der Waals surface area contributed by atoms with Crippen LogP contribution in [0, 0.1) is 5.82 Å². The summed E-state index contributed by atoms with van der Waals surface area (Å²) in [6, 6.07) is 12.1. The largest absolute Gasteiger partial charge is 0.493 e. The Morgan fingerprint density at radius 1 is 1.05 bits per heavy atom. The van der Waals surface area contributed by atoms with Crippen molar-refractivity contribution in [3.05, 3.63) is 59.4 Å². The van der Waals surface area contributed by atoms with Gasteiger partial charge in [-0.05, 0) is 42.4 Å². The van der Waals surface area contributed by atoms with Crippen molar-refractivity contribution < 1.29 is 13.9 Å². The van der Waals surface area contributed by atoms with E-state index in [1.165, 1.54) is 12.1 Å². The van der Waals surface area contributed by atoms with Crippen molar-refractivity contribution in [2.24, 2.45) is 0 Å². The third-order valence-electron chi connectivity index (χ3n) is 2.89. The Labute approximate surface area is 118 Å². The summed E-state index contributed by atoms with van der Waals surface area (Å²) in [7, 11) is 3.49. The Bertz CT molecular complexity index is 572. The van der Waals surface area contributed by atoms with Gasteiger partial charge in [-0.3, -0.25) is 0 Å². The van der Waals surface area contributed by atoms with E-state index in [2.05, 4.69) is 5.32 Å². The average molecular weight is 275 g/mol. The van der Waals surface area contributed by atoms with Gasteiger partial charge in [-0.15, -0.1) is 0 Å². The second kappa shape index (κ2) is 6.91. The van der Waals surface area contributed by atoms with Crippen LogP contribution in [0.3, 0.4) is 0 Å². The molecule has 0 saturated heterocycles. The van der Waals surface area contributed by atoms with Crippen molar-refractivity contribution in [2.75, 3.05) is 14.2 Å². The van der Waals surface area contributed by atoms with Crippen molar-refractivity contribution in [1.82, 2.24) is 5.32 Å². The molecule has 0 aliphatic rings. The molecule has 0 amide bonds. The number of ether oxygens (including phenoxy) is 2. The van der Waals surface area contributed by atoms with Crippen molar-refractivity contribution >= 4 is 0 Å². The highest BCUT2D eigenvalue weighted by Crippen LogP contribution is 2.28. The smallest absolute Gasteiger partial charge is 0.161 e. The normalized spacial score (nSPS) is 10.3. The third-order valence-corrected chi connectivity index (χ3v) is 2.89. The van der Waals surface area contributed by atoms with Crippen LogP contribution < -0.4 is 14.8 Å². The minimum Gasteiger partial charge on any atom is -0.493 e. The number of methoxy groups -OCH3 is 1. The molecule has 0 atom stereocenters. The Morgan fingerprint density at radius 2 is 1.90 bits per heavy atom. The first-order chi connectivity index (χ1) is 9.72. The van der Waals surface area contributed by atoms with Crippen molar-refractivity contribution in [3.8, 4) is 11.5 Å². The topological polar surface area (TPSA) is 30.5 Å². The zero-order valence-electron chi connectivity index (χ0n) is 11.7. The average Bonchev–Trinajstić information content (AvgIpc) is 2.46. The molecule has 2 aromatic rings. The van der Waals surface area contributed by atoms with Crippen LogP contribution in [-0.2, 0) is 13.2 Å². The monoisotopic (exact) mass is 275 g/mol. The van der Waals surface area contributed by atoms with E-state index < -0.39 is 0 Å². The van der Waals surface area contributed by atoms with E-state index in [0.29, 0.717) is 18.1 Å². The minimum absolute atomic E-state index is 0.262. The molecule has 0 aromatic heterocycles. The van der Waals surface area contributed by atoms with Crippen LogP contribution in [0.5, 0.6) is 11.5 Å². The molecular formula is C16H18FNO2. The summed E-state index contributed by atoms with van der Waals surface area (Å²) in [6.07, 6.45) is 0. The molecule has 3 nitrogen and oxygen atoms in total. The summed E-state index contributed by atoms with van der Waals surface area (Å²) in [5, 5.41) is 3.08. The molecule has 20 heavy (non-hydrogen) atoms. The summed E-state index contributed by atoms with van der Waals surface area (Å²) < 4.78 is 24.1. The van der Waals surface area contributed by atoms with Gasteiger partial charge < -0.3 is 14.8 Å². The fourth-order valence-corrected chi connectivity index (χ4v) is 1.93. The maximum Gasteiger partial charge on any atom is 0.161 e. The third kappa shape index (κ3) is 3.71. The molecule has 0 fully saturated rings. The molecule has 4 heteroatoms. The maximum absolute atomic E-state index is 13.1. The summed E-state index contributed by atoms with van der Waals surface area (Å²) in [6.45, 7) is 1.07. The number of benzene rings is 2. The zero-order valence-corrected chi connectivity index (χ0v) is 11.7. The molecule has 2 aromatic carbocycles. The molecule has 0 radical (unpaired) electrons. The van der Waals surface area contributed by atoms with Gasteiger partial charge in [0, 0.05) is 6.54 Å². The maximum atomic E-state index is 13.1. The lowest BCUT2D eigenvalue weighted by Gasteiger charge is -2.12. The highest BCUT2D eigenvalue weighted by molar-refractivity contribution is 5.43. The van der Waals surface area contributed by atoms with Crippen molar-refractivity contribution in [1.29, 1.82) is 0 Å². The second-order valence-corrected chi connectivity index (χ2v) is 4.43. The molecule has 0 aliphatic heterocycles. The van der Waals surface area contributed by atoms with Crippen LogP contribution in [0.4, 0.5) is 4.39 Å². The number of rotatable bonds is 6. The van der Waals surface area contributed by atoms with Gasteiger partial charge in [0.1, 0.15) is 12.4 Å². The zero-order chi connectivity index (χ0) is 14.4. The molecule has 106 valence electrons. The van der Waals surface area contributed by atoms with Gasteiger partial charge in [-0.1, -0.05) is 18.2 Å². The van der Waals surface area contributed by atoms with E-state index in [1.54, 1.807) is 13.2 Å². The quantitative estimate of drug-likeness (QED) is 0.878. The lowest BCUT2D eigenvalue weighted by molar-refractivity contribution is 0.284. The van der Waals surface area contributed by atoms with Gasteiger partial charge in [0.05, 0.1) is 7.11 Å². The van der Waals surface area contributed by atoms with Crippen LogP contribution >= 0.6 is 0 Å². The summed E-state index contributed by atoms with van der Waals surface area (Å²) in [5.41, 5.74) is 1.90. The van der Waals surface area contributed by atoms with Crippen LogP contribution in [0.15, 0.2) is 42.5 Å². The molecule has 2 rings (SSSR count). The van der Waals surface area contributed by atoms with Crippen LogP contribution in [-0.4, -0.2) is 14.2 Å². The van der Waals surface area contributed by atoms with Gasteiger partial charge in [-0.25, -0.2) is 4.39 Å². The lowest BCUT2D eigenvalue weighted by Crippen LogP contribution is -2.05. The fraction of sp³-hybridized carbons (Fsp3) is 0.250. The number of hydrogen-bond acceptors (Lipinski definition) is 3. The first kappa shape index (κ1) is 14.3. The van der Waals surface area contributed by atoms with E-state index in [-0.39, 0.29) is 5.82 Å². The molecule has 0 heterocycles. The van der Waals surface area contributed by atoms with E-state index in [4.69, 9.17) is 9.47 Å². The van der Waals surface area contributed by atoms with Gasteiger partial charge in [-0.2, -0.15) is 0 Å². The Hall–Kier alpha value is -2.07. The van der Waals surface area contributed by atoms with E-state index in [0.717, 1.165) is 17.7 Å². The summed E-state index contributed by atoms with van der Waals surface area (Å²) in [4.78, 5) is 0. The van der Waals surface area contributed by atoms with E-state index >= 15 is 0 Å². The van der Waals surface area contributed by atoms with Gasteiger partial charge in [0.25, 0.3) is 0 Å². The van der Waals surface area contributed by atoms with Crippen LogP contribution in [0.25, 0.3) is 0 Å². The predicted molar refractivity (Wildman–Crippen MR) is 76.5 cm³/mol. The van der Waals surface area contributed by atoms with E-state index in [1.807, 2.05) is 31.3 Å². The molecule has 0 aliphatic carbocycles. The second-order valence-electron chi connectivity index (χ2n) is 4.43. The SMILES string of the molecule is CNCc1ccc(OCc2cccc(F)c2)c(OC)c1. The highest BCUT2D eigenvalue weighted by atomic mass is 19.1. The van der Waals surface area contributed by atoms with Crippen molar-refractivity contribution in [2.45, 2.75) is 13.2 Å². The Kier molecular flexibility index (Phi) is 4.96. The molecular weight excluding hydrogens is 257 g/mol. The summed E-state index contributed by atoms with van der Waals surface area (Å²) >= 11 is 0. The fourth-order valence-electron chi connectivity index (χ4n) is 1.93. The van der Waals surface area contributed by atoms with Crippen LogP contribution in [0.2, 0.25) is 0 Å².